The summed E-state index contributed by atoms with van der Waals surface area (Å²) in [7, 11) is -3.08. The summed E-state index contributed by atoms with van der Waals surface area (Å²) < 4.78 is 0. The second-order valence-electron chi connectivity index (χ2n) is 7.78. The molecule has 4 aromatic carbocycles. The zero-order chi connectivity index (χ0) is 22.4. The van der Waals surface area contributed by atoms with Gasteiger partial charge in [0.1, 0.15) is 5.41 Å². The van der Waals surface area contributed by atoms with Gasteiger partial charge >= 0.3 is 0 Å². The topological polar surface area (TPSA) is 34.1 Å². The van der Waals surface area contributed by atoms with E-state index in [-0.39, 0.29) is 11.2 Å². The van der Waals surface area contributed by atoms with Crippen molar-refractivity contribution in [3.05, 3.63) is 139 Å². The molecular weight excluding hydrogens is 408 g/mol. The molecule has 0 unspecified atom stereocenters. The van der Waals surface area contributed by atoms with Crippen LogP contribution in [-0.4, -0.2) is 19.3 Å². The fourth-order valence-corrected chi connectivity index (χ4v) is 8.35. The summed E-state index contributed by atoms with van der Waals surface area (Å²) in [4.78, 5) is 26.9. The van der Waals surface area contributed by atoms with Crippen LogP contribution in [0.3, 0.4) is 0 Å². The average molecular weight is 433 g/mol. The Morgan fingerprint density at radius 3 is 1.38 bits per heavy atom. The maximum atomic E-state index is 14.1. The molecule has 0 heterocycles. The molecule has 4 rings (SSSR count). The predicted molar refractivity (Wildman–Crippen MR) is 134 cm³/mol. The molecule has 0 radical (unpaired) electrons. The van der Waals surface area contributed by atoms with Gasteiger partial charge in [-0.25, -0.2) is 0 Å². The van der Waals surface area contributed by atoms with Gasteiger partial charge in [-0.2, -0.15) is 0 Å². The van der Waals surface area contributed by atoms with E-state index in [1.54, 1.807) is 12.1 Å². The van der Waals surface area contributed by atoms with Crippen LogP contribution in [0, 0.1) is 6.92 Å². The van der Waals surface area contributed by atoms with Crippen molar-refractivity contribution in [3.63, 3.8) is 0 Å². The van der Waals surface area contributed by atoms with Crippen molar-refractivity contribution in [2.75, 3.05) is 0 Å². The molecule has 0 aliphatic rings. The number of carbonyl (C=O) groups is 2. The van der Waals surface area contributed by atoms with Crippen molar-refractivity contribution in [2.45, 2.75) is 6.92 Å². The summed E-state index contributed by atoms with van der Waals surface area (Å²) in [6.45, 7) is 1.98. The van der Waals surface area contributed by atoms with Crippen molar-refractivity contribution in [1.82, 2.24) is 0 Å². The fourth-order valence-electron chi connectivity index (χ4n) is 4.08. The molecule has 0 atom stereocenters. The second-order valence-corrected chi connectivity index (χ2v) is 11.5. The second kappa shape index (κ2) is 9.54. The molecule has 0 aliphatic carbocycles. The smallest absolute Gasteiger partial charge is 0.229 e. The molecule has 0 bridgehead atoms. The maximum absolute atomic E-state index is 14.1. The Labute approximate surface area is 189 Å². The molecule has 0 aliphatic heterocycles. The standard InChI is InChI=1S/C29H24O2Si/c1-23-17-19-24(20-18-23)28(30)21-22-29(31)32(25-11-5-2-6-12-25,26-13-7-3-8-14-26)27-15-9-4-10-16-27/h2-22H,1H3/b22-21+. The van der Waals surface area contributed by atoms with Gasteiger partial charge in [0.05, 0.1) is 0 Å². The fraction of sp³-hybridized carbons (Fsp3) is 0.0345. The van der Waals surface area contributed by atoms with Crippen molar-refractivity contribution in [1.29, 1.82) is 0 Å². The highest BCUT2D eigenvalue weighted by Crippen LogP contribution is 2.11. The maximum Gasteiger partial charge on any atom is 0.229 e. The Morgan fingerprint density at radius 2 is 0.969 bits per heavy atom. The summed E-state index contributed by atoms with van der Waals surface area (Å²) in [6.07, 6.45) is 2.91. The summed E-state index contributed by atoms with van der Waals surface area (Å²) in [5.41, 5.74) is 1.66. The number of rotatable bonds is 7. The molecule has 32 heavy (non-hydrogen) atoms. The van der Waals surface area contributed by atoms with Gasteiger partial charge in [-0.3, -0.25) is 9.59 Å². The lowest BCUT2D eigenvalue weighted by Gasteiger charge is -2.30. The van der Waals surface area contributed by atoms with Crippen molar-refractivity contribution in [2.24, 2.45) is 0 Å². The summed E-state index contributed by atoms with van der Waals surface area (Å²) in [5.74, 6) is -0.171. The molecule has 156 valence electrons. The lowest BCUT2D eigenvalue weighted by molar-refractivity contribution is -0.108. The van der Waals surface area contributed by atoms with Crippen LogP contribution in [0.4, 0.5) is 0 Å². The number of hydrogen-bond acceptors (Lipinski definition) is 2. The summed E-state index contributed by atoms with van der Waals surface area (Å²) in [5, 5.41) is 2.96. The van der Waals surface area contributed by atoms with Crippen LogP contribution < -0.4 is 15.6 Å². The Hall–Kier alpha value is -3.82. The van der Waals surface area contributed by atoms with E-state index in [4.69, 9.17) is 0 Å². The van der Waals surface area contributed by atoms with Gasteiger partial charge in [-0.1, -0.05) is 121 Å². The van der Waals surface area contributed by atoms with Gasteiger partial charge in [0, 0.05) is 5.56 Å². The third kappa shape index (κ3) is 4.16. The van der Waals surface area contributed by atoms with E-state index in [0.29, 0.717) is 5.56 Å². The largest absolute Gasteiger partial charge is 0.299 e. The van der Waals surface area contributed by atoms with Crippen LogP contribution >= 0.6 is 0 Å². The van der Waals surface area contributed by atoms with E-state index < -0.39 is 8.07 Å². The van der Waals surface area contributed by atoms with Gasteiger partial charge in [0.25, 0.3) is 0 Å². The third-order valence-corrected chi connectivity index (χ3v) is 10.2. The number of ketones is 1. The first-order chi connectivity index (χ1) is 15.6. The normalized spacial score (nSPS) is 11.4. The highest BCUT2D eigenvalue weighted by atomic mass is 28.3. The van der Waals surface area contributed by atoms with Crippen LogP contribution in [-0.2, 0) is 4.79 Å². The van der Waals surface area contributed by atoms with Crippen LogP contribution in [0.1, 0.15) is 15.9 Å². The number of aryl methyl sites for hydroxylation is 1. The first-order valence-corrected chi connectivity index (χ1v) is 12.6. The van der Waals surface area contributed by atoms with Gasteiger partial charge < -0.3 is 0 Å². The summed E-state index contributed by atoms with van der Waals surface area (Å²) in [6, 6.07) is 37.3. The highest BCUT2D eigenvalue weighted by Gasteiger charge is 2.45. The molecule has 0 fully saturated rings. The van der Waals surface area contributed by atoms with Crippen molar-refractivity contribution >= 4 is 34.8 Å². The van der Waals surface area contributed by atoms with Gasteiger partial charge in [-0.15, -0.1) is 0 Å². The van der Waals surface area contributed by atoms with Crippen molar-refractivity contribution in [3.8, 4) is 0 Å². The zero-order valence-corrected chi connectivity index (χ0v) is 18.9. The molecule has 4 aromatic rings. The highest BCUT2D eigenvalue weighted by molar-refractivity contribution is 7.30. The third-order valence-electron chi connectivity index (χ3n) is 5.71. The molecule has 0 aromatic heterocycles. The minimum absolute atomic E-state index is 0.0263. The number of allylic oxidation sites excluding steroid dienone is 2. The van der Waals surface area contributed by atoms with Crippen LogP contribution in [0.5, 0.6) is 0 Å². The van der Waals surface area contributed by atoms with Gasteiger partial charge in [0.2, 0.25) is 8.07 Å². The molecule has 0 N–H and O–H groups in total. The Bertz CT molecular complexity index is 1130. The molecule has 0 saturated heterocycles. The van der Waals surface area contributed by atoms with Crippen molar-refractivity contribution < 1.29 is 9.59 Å². The SMILES string of the molecule is Cc1ccc(C(=O)/C=C/C(=O)[Si](c2ccccc2)(c2ccccc2)c2ccccc2)cc1. The zero-order valence-electron chi connectivity index (χ0n) is 17.9. The molecular formula is C29H24O2Si. The van der Waals surface area contributed by atoms with E-state index in [1.165, 1.54) is 12.2 Å². The quantitative estimate of drug-likeness (QED) is 0.191. The van der Waals surface area contributed by atoms with Crippen LogP contribution in [0.15, 0.2) is 127 Å². The molecule has 0 spiro atoms. The van der Waals surface area contributed by atoms with E-state index in [9.17, 15) is 9.59 Å². The summed E-state index contributed by atoms with van der Waals surface area (Å²) >= 11 is 0. The van der Waals surface area contributed by atoms with Crippen LogP contribution in [0.25, 0.3) is 0 Å². The first-order valence-electron chi connectivity index (χ1n) is 10.6. The molecule has 0 saturated carbocycles. The van der Waals surface area contributed by atoms with E-state index in [2.05, 4.69) is 0 Å². The van der Waals surface area contributed by atoms with Crippen LogP contribution in [0.2, 0.25) is 0 Å². The molecule has 2 nitrogen and oxygen atoms in total. The number of hydrogen-bond donors (Lipinski definition) is 0. The molecule has 0 amide bonds. The lowest BCUT2D eigenvalue weighted by atomic mass is 10.1. The van der Waals surface area contributed by atoms with E-state index >= 15 is 0 Å². The molecule has 3 heteroatoms. The van der Waals surface area contributed by atoms with E-state index in [0.717, 1.165) is 21.1 Å². The Balaban J connectivity index is 1.86. The van der Waals surface area contributed by atoms with Gasteiger partial charge in [0.15, 0.2) is 5.78 Å². The monoisotopic (exact) mass is 432 g/mol. The Kier molecular flexibility index (Phi) is 6.38. The Morgan fingerprint density at radius 1 is 0.562 bits per heavy atom. The minimum Gasteiger partial charge on any atom is -0.299 e. The number of carbonyl (C=O) groups excluding carboxylic acids is 2. The average Bonchev–Trinajstić information content (AvgIpc) is 2.85. The first kappa shape index (κ1) is 21.4. The minimum atomic E-state index is -3.08. The number of benzene rings is 4. The lowest BCUT2D eigenvalue weighted by Crippen LogP contribution is -2.72. The van der Waals surface area contributed by atoms with Gasteiger partial charge in [-0.05, 0) is 34.6 Å². The predicted octanol–water partition coefficient (Wildman–Crippen LogP) is 4.01. The van der Waals surface area contributed by atoms with E-state index in [1.807, 2.05) is 110 Å².